The van der Waals surface area contributed by atoms with Crippen LogP contribution in [0.4, 0.5) is 0 Å². The monoisotopic (exact) mass is 227 g/mol. The van der Waals surface area contributed by atoms with E-state index in [0.717, 1.165) is 12.2 Å². The Morgan fingerprint density at radius 1 is 1.44 bits per heavy atom. The van der Waals surface area contributed by atoms with Crippen LogP contribution in [0.15, 0.2) is 12.2 Å². The minimum atomic E-state index is -1.10. The summed E-state index contributed by atoms with van der Waals surface area (Å²) in [5.74, 6) is -0.615. The van der Waals surface area contributed by atoms with Gasteiger partial charge in [-0.3, -0.25) is 4.79 Å². The highest BCUT2D eigenvalue weighted by Crippen LogP contribution is 2.23. The van der Waals surface area contributed by atoms with Crippen LogP contribution in [0.5, 0.6) is 0 Å². The fourth-order valence-corrected chi connectivity index (χ4v) is 1.89. The fourth-order valence-electron chi connectivity index (χ4n) is 1.89. The van der Waals surface area contributed by atoms with E-state index in [1.165, 1.54) is 0 Å². The second-order valence-electron chi connectivity index (χ2n) is 4.11. The Labute approximate surface area is 94.7 Å². The van der Waals surface area contributed by atoms with Gasteiger partial charge in [-0.15, -0.1) is 0 Å². The predicted octanol–water partition coefficient (Wildman–Crippen LogP) is 0.368. The highest BCUT2D eigenvalue weighted by atomic mass is 16.5. The summed E-state index contributed by atoms with van der Waals surface area (Å²) in [4.78, 5) is 23.5. The van der Waals surface area contributed by atoms with Gasteiger partial charge in [0.15, 0.2) is 0 Å². The van der Waals surface area contributed by atoms with Gasteiger partial charge in [0, 0.05) is 38.3 Å². The zero-order chi connectivity index (χ0) is 12.1. The third-order valence-electron chi connectivity index (χ3n) is 2.83. The van der Waals surface area contributed by atoms with Crippen LogP contribution >= 0.6 is 0 Å². The van der Waals surface area contributed by atoms with Crippen LogP contribution in [0, 0.1) is 11.8 Å². The lowest BCUT2D eigenvalue weighted by atomic mass is 10.00. The molecule has 0 unspecified atom stereocenters. The van der Waals surface area contributed by atoms with Crippen LogP contribution in [-0.2, 0) is 14.3 Å². The molecule has 16 heavy (non-hydrogen) atoms. The molecule has 5 heteroatoms. The van der Waals surface area contributed by atoms with Gasteiger partial charge in [0.05, 0.1) is 6.61 Å². The maximum absolute atomic E-state index is 11.6. The molecule has 90 valence electrons. The molecule has 0 aromatic carbocycles. The number of nitrogens with zero attached hydrogens (tertiary/aromatic N) is 1. The molecule has 0 spiro atoms. The number of carboxylic acid groups (broad SMARTS) is 1. The van der Waals surface area contributed by atoms with Gasteiger partial charge in [-0.25, -0.2) is 4.79 Å². The molecule has 1 amide bonds. The predicted molar refractivity (Wildman–Crippen MR) is 57.9 cm³/mol. The summed E-state index contributed by atoms with van der Waals surface area (Å²) in [6.07, 6.45) is 1.97. The molecule has 5 nitrogen and oxygen atoms in total. The zero-order valence-electron chi connectivity index (χ0n) is 9.55. The highest BCUT2D eigenvalue weighted by Gasteiger charge is 2.31. The molecule has 2 atom stereocenters. The molecular weight excluding hydrogens is 210 g/mol. The number of carbonyl (C=O) groups excluding carboxylic acids is 1. The average molecular weight is 227 g/mol. The number of ether oxygens (including phenoxy) is 1. The van der Waals surface area contributed by atoms with Crippen molar-refractivity contribution in [3.63, 3.8) is 0 Å². The minimum absolute atomic E-state index is 0.243. The molecular formula is C11H17NO4. The Morgan fingerprint density at radius 3 is 2.69 bits per heavy atom. The highest BCUT2D eigenvalue weighted by molar-refractivity contribution is 5.94. The molecule has 1 fully saturated rings. The molecule has 1 N–H and O–H groups in total. The van der Waals surface area contributed by atoms with Gasteiger partial charge in [0.2, 0.25) is 5.91 Å². The number of methoxy groups -OCH3 is 1. The largest absolute Gasteiger partial charge is 0.478 e. The molecule has 1 heterocycles. The summed E-state index contributed by atoms with van der Waals surface area (Å²) in [7, 11) is 1.64. The molecule has 1 aliphatic heterocycles. The van der Waals surface area contributed by atoms with E-state index in [4.69, 9.17) is 9.84 Å². The van der Waals surface area contributed by atoms with Crippen LogP contribution in [0.1, 0.15) is 6.92 Å². The summed E-state index contributed by atoms with van der Waals surface area (Å²) in [5.41, 5.74) is 0. The summed E-state index contributed by atoms with van der Waals surface area (Å²) < 4.78 is 5.07. The fraction of sp³-hybridized carbons (Fsp3) is 0.636. The molecule has 0 bridgehead atoms. The smallest absolute Gasteiger partial charge is 0.328 e. The first kappa shape index (κ1) is 12.7. The van der Waals surface area contributed by atoms with Gasteiger partial charge in [0.1, 0.15) is 0 Å². The van der Waals surface area contributed by atoms with Crippen molar-refractivity contribution in [3.05, 3.63) is 12.2 Å². The molecule has 1 rings (SSSR count). The second-order valence-corrected chi connectivity index (χ2v) is 4.11. The van der Waals surface area contributed by atoms with E-state index in [-0.39, 0.29) is 5.91 Å². The van der Waals surface area contributed by atoms with E-state index in [0.29, 0.717) is 31.5 Å². The van der Waals surface area contributed by atoms with Gasteiger partial charge in [0.25, 0.3) is 0 Å². The number of hydrogen-bond acceptors (Lipinski definition) is 3. The Bertz CT molecular complexity index is 300. The van der Waals surface area contributed by atoms with Crippen molar-refractivity contribution in [1.82, 2.24) is 4.90 Å². The molecule has 0 saturated carbocycles. The quantitative estimate of drug-likeness (QED) is 0.704. The first-order valence-corrected chi connectivity index (χ1v) is 5.23. The van der Waals surface area contributed by atoms with Gasteiger partial charge in [-0.05, 0) is 5.92 Å². The Balaban J connectivity index is 2.51. The van der Waals surface area contributed by atoms with Crippen LogP contribution in [0.25, 0.3) is 0 Å². The summed E-state index contributed by atoms with van der Waals surface area (Å²) in [5, 5.41) is 8.42. The van der Waals surface area contributed by atoms with E-state index in [1.807, 2.05) is 0 Å². The lowest BCUT2D eigenvalue weighted by Gasteiger charge is -2.13. The first-order valence-electron chi connectivity index (χ1n) is 5.23. The lowest BCUT2D eigenvalue weighted by molar-refractivity contribution is -0.132. The molecule has 0 aromatic heterocycles. The zero-order valence-corrected chi connectivity index (χ0v) is 9.55. The number of carboxylic acids is 1. The van der Waals surface area contributed by atoms with Crippen molar-refractivity contribution in [2.75, 3.05) is 26.8 Å². The van der Waals surface area contributed by atoms with Crippen molar-refractivity contribution in [2.24, 2.45) is 11.8 Å². The normalized spacial score (nSPS) is 25.2. The van der Waals surface area contributed by atoms with Crippen molar-refractivity contribution >= 4 is 11.9 Å². The number of likely N-dealkylation sites (tertiary alicyclic amines) is 1. The van der Waals surface area contributed by atoms with Gasteiger partial charge in [-0.1, -0.05) is 6.92 Å². The number of hydrogen-bond donors (Lipinski definition) is 1. The summed E-state index contributed by atoms with van der Waals surface area (Å²) in [6, 6.07) is 0. The van der Waals surface area contributed by atoms with Crippen LogP contribution < -0.4 is 0 Å². The van der Waals surface area contributed by atoms with Crippen LogP contribution in [-0.4, -0.2) is 48.7 Å². The summed E-state index contributed by atoms with van der Waals surface area (Å²) in [6.45, 7) is 4.00. The van der Waals surface area contributed by atoms with Gasteiger partial charge < -0.3 is 14.7 Å². The minimum Gasteiger partial charge on any atom is -0.478 e. The number of aliphatic carboxylic acids is 1. The molecule has 1 saturated heterocycles. The molecule has 0 aromatic rings. The molecule has 0 radical (unpaired) electrons. The standard InChI is InChI=1S/C11H17NO4/c1-8-5-12(6-9(8)7-16-2)10(13)3-4-11(14)15/h3-4,8-9H,5-7H2,1-2H3,(H,14,15)/b4-3+/t8-,9+/m1/s1. The van der Waals surface area contributed by atoms with E-state index in [9.17, 15) is 9.59 Å². The third-order valence-corrected chi connectivity index (χ3v) is 2.83. The SMILES string of the molecule is COC[C@@H]1CN(C(=O)/C=C/C(=O)O)C[C@H]1C. The van der Waals surface area contributed by atoms with Crippen LogP contribution in [0.3, 0.4) is 0 Å². The Morgan fingerprint density at radius 2 is 2.12 bits per heavy atom. The van der Waals surface area contributed by atoms with Gasteiger partial charge >= 0.3 is 5.97 Å². The Hall–Kier alpha value is -1.36. The van der Waals surface area contributed by atoms with Crippen molar-refractivity contribution in [2.45, 2.75) is 6.92 Å². The maximum Gasteiger partial charge on any atom is 0.328 e. The van der Waals surface area contributed by atoms with Crippen LogP contribution in [0.2, 0.25) is 0 Å². The molecule has 1 aliphatic rings. The number of amides is 1. The van der Waals surface area contributed by atoms with E-state index < -0.39 is 5.97 Å². The van der Waals surface area contributed by atoms with Crippen molar-refractivity contribution in [3.8, 4) is 0 Å². The van der Waals surface area contributed by atoms with Crippen molar-refractivity contribution < 1.29 is 19.4 Å². The molecule has 0 aliphatic carbocycles. The van der Waals surface area contributed by atoms with E-state index in [1.54, 1.807) is 12.0 Å². The number of rotatable bonds is 4. The Kier molecular flexibility index (Phi) is 4.49. The van der Waals surface area contributed by atoms with Gasteiger partial charge in [-0.2, -0.15) is 0 Å². The number of carbonyl (C=O) groups is 2. The van der Waals surface area contributed by atoms with E-state index in [2.05, 4.69) is 6.92 Å². The second kappa shape index (κ2) is 5.65. The first-order chi connectivity index (χ1) is 7.54. The average Bonchev–Trinajstić information content (AvgIpc) is 2.57. The van der Waals surface area contributed by atoms with Crippen molar-refractivity contribution in [1.29, 1.82) is 0 Å². The third kappa shape index (κ3) is 3.34. The summed E-state index contributed by atoms with van der Waals surface area (Å²) >= 11 is 0. The topological polar surface area (TPSA) is 66.8 Å². The maximum atomic E-state index is 11.6. The van der Waals surface area contributed by atoms with E-state index >= 15 is 0 Å². The lowest BCUT2D eigenvalue weighted by Crippen LogP contribution is -2.27.